The van der Waals surface area contributed by atoms with Crippen molar-refractivity contribution in [2.45, 2.75) is 6.92 Å². The van der Waals surface area contributed by atoms with Gasteiger partial charge in [-0.05, 0) is 43.3 Å². The van der Waals surface area contributed by atoms with Crippen LogP contribution in [-0.2, 0) is 0 Å². The monoisotopic (exact) mass is 438 g/mol. The lowest BCUT2D eigenvalue weighted by molar-refractivity contribution is 0.415. The Morgan fingerprint density at radius 3 is 1.97 bits per heavy atom. The van der Waals surface area contributed by atoms with Crippen LogP contribution in [0.3, 0.4) is 0 Å². The molecular formula is C26H26N6O. The summed E-state index contributed by atoms with van der Waals surface area (Å²) in [5.41, 5.74) is 3.94. The lowest BCUT2D eigenvalue weighted by Gasteiger charge is -2.36. The van der Waals surface area contributed by atoms with Crippen molar-refractivity contribution in [2.24, 2.45) is 0 Å². The SMILES string of the molecule is COc1ccc(-c2ccc(N3CCN(c4cc(-c5ccccc5)nc(C)n4)CC3)nn2)cc1. The zero-order valence-electron chi connectivity index (χ0n) is 18.8. The van der Waals surface area contributed by atoms with Crippen LogP contribution in [0.25, 0.3) is 22.5 Å². The molecular weight excluding hydrogens is 412 g/mol. The molecule has 0 saturated carbocycles. The van der Waals surface area contributed by atoms with Crippen LogP contribution in [0.15, 0.2) is 72.8 Å². The minimum atomic E-state index is 0.786. The maximum Gasteiger partial charge on any atom is 0.151 e. The predicted octanol–water partition coefficient (Wildman–Crippen LogP) is 4.24. The van der Waals surface area contributed by atoms with Crippen LogP contribution >= 0.6 is 0 Å². The van der Waals surface area contributed by atoms with E-state index in [1.165, 1.54) is 0 Å². The van der Waals surface area contributed by atoms with Crippen molar-refractivity contribution in [1.29, 1.82) is 0 Å². The molecule has 0 spiro atoms. The number of hydrogen-bond donors (Lipinski definition) is 0. The van der Waals surface area contributed by atoms with Crippen LogP contribution in [-0.4, -0.2) is 53.5 Å². The Bertz CT molecular complexity index is 1200. The third-order valence-corrected chi connectivity index (χ3v) is 5.86. The highest BCUT2D eigenvalue weighted by Gasteiger charge is 2.20. The van der Waals surface area contributed by atoms with Crippen molar-refractivity contribution >= 4 is 11.6 Å². The molecule has 166 valence electrons. The molecule has 0 bridgehead atoms. The highest BCUT2D eigenvalue weighted by Crippen LogP contribution is 2.25. The van der Waals surface area contributed by atoms with E-state index >= 15 is 0 Å². The summed E-state index contributed by atoms with van der Waals surface area (Å²) in [5.74, 6) is 3.49. The second-order valence-corrected chi connectivity index (χ2v) is 8.00. The predicted molar refractivity (Wildman–Crippen MR) is 131 cm³/mol. The van der Waals surface area contributed by atoms with Gasteiger partial charge in [0, 0.05) is 43.4 Å². The molecule has 0 atom stereocenters. The summed E-state index contributed by atoms with van der Waals surface area (Å²) in [5, 5.41) is 8.93. The number of nitrogens with zero attached hydrogens (tertiary/aromatic N) is 6. The number of methoxy groups -OCH3 is 1. The smallest absolute Gasteiger partial charge is 0.151 e. The normalized spacial score (nSPS) is 13.8. The summed E-state index contributed by atoms with van der Waals surface area (Å²) >= 11 is 0. The van der Waals surface area contributed by atoms with Crippen molar-refractivity contribution < 1.29 is 4.74 Å². The summed E-state index contributed by atoms with van der Waals surface area (Å²) in [6, 6.07) is 24.3. The maximum atomic E-state index is 5.22. The van der Waals surface area contributed by atoms with E-state index in [1.807, 2.05) is 61.5 Å². The molecule has 4 aromatic rings. The highest BCUT2D eigenvalue weighted by atomic mass is 16.5. The van der Waals surface area contributed by atoms with Gasteiger partial charge in [-0.15, -0.1) is 10.2 Å². The summed E-state index contributed by atoms with van der Waals surface area (Å²) < 4.78 is 5.22. The zero-order valence-corrected chi connectivity index (χ0v) is 18.8. The second kappa shape index (κ2) is 9.24. The first-order valence-electron chi connectivity index (χ1n) is 11.1. The van der Waals surface area contributed by atoms with Gasteiger partial charge < -0.3 is 14.5 Å². The molecule has 1 aliphatic rings. The van der Waals surface area contributed by atoms with Gasteiger partial charge in [-0.25, -0.2) is 9.97 Å². The maximum absolute atomic E-state index is 5.22. The van der Waals surface area contributed by atoms with E-state index in [4.69, 9.17) is 9.72 Å². The Hall–Kier alpha value is -4.00. The molecule has 1 saturated heterocycles. The minimum Gasteiger partial charge on any atom is -0.497 e. The Morgan fingerprint density at radius 2 is 1.33 bits per heavy atom. The molecule has 2 aromatic heterocycles. The molecule has 7 nitrogen and oxygen atoms in total. The van der Waals surface area contributed by atoms with Crippen LogP contribution in [0.5, 0.6) is 5.75 Å². The Labute approximate surface area is 193 Å². The average molecular weight is 439 g/mol. The minimum absolute atomic E-state index is 0.786. The quantitative estimate of drug-likeness (QED) is 0.462. The van der Waals surface area contributed by atoms with E-state index in [-0.39, 0.29) is 0 Å². The molecule has 2 aromatic carbocycles. The first-order valence-corrected chi connectivity index (χ1v) is 11.1. The molecule has 0 amide bonds. The van der Waals surface area contributed by atoms with Crippen molar-refractivity contribution in [3.05, 3.63) is 78.6 Å². The molecule has 0 radical (unpaired) electrons. The van der Waals surface area contributed by atoms with Gasteiger partial charge in [-0.2, -0.15) is 0 Å². The summed E-state index contributed by atoms with van der Waals surface area (Å²) in [6.45, 7) is 5.41. The molecule has 5 rings (SSSR count). The number of anilines is 2. The topological polar surface area (TPSA) is 67.3 Å². The van der Waals surface area contributed by atoms with E-state index in [1.54, 1.807) is 7.11 Å². The molecule has 1 aliphatic heterocycles. The van der Waals surface area contributed by atoms with E-state index in [2.05, 4.69) is 43.2 Å². The molecule has 7 heteroatoms. The van der Waals surface area contributed by atoms with Gasteiger partial charge in [0.15, 0.2) is 5.82 Å². The number of aryl methyl sites for hydroxylation is 1. The summed E-state index contributed by atoms with van der Waals surface area (Å²) in [6.07, 6.45) is 0. The average Bonchev–Trinajstić information content (AvgIpc) is 2.89. The number of benzene rings is 2. The van der Waals surface area contributed by atoms with Crippen molar-refractivity contribution in [3.8, 4) is 28.3 Å². The van der Waals surface area contributed by atoms with E-state index < -0.39 is 0 Å². The number of hydrogen-bond acceptors (Lipinski definition) is 7. The molecule has 0 unspecified atom stereocenters. The molecule has 0 N–H and O–H groups in total. The molecule has 0 aliphatic carbocycles. The van der Waals surface area contributed by atoms with Crippen molar-refractivity contribution in [3.63, 3.8) is 0 Å². The summed E-state index contributed by atoms with van der Waals surface area (Å²) in [4.78, 5) is 13.9. The Balaban J connectivity index is 1.26. The van der Waals surface area contributed by atoms with Gasteiger partial charge in [-0.1, -0.05) is 30.3 Å². The standard InChI is InChI=1S/C26H26N6O/c1-19-27-24(20-6-4-3-5-7-20)18-26(28-19)32-16-14-31(15-17-32)25-13-12-23(29-30-25)21-8-10-22(33-2)11-9-21/h3-13,18H,14-17H2,1-2H3. The molecule has 33 heavy (non-hydrogen) atoms. The van der Waals surface area contributed by atoms with E-state index in [9.17, 15) is 0 Å². The summed E-state index contributed by atoms with van der Waals surface area (Å²) in [7, 11) is 1.66. The molecule has 3 heterocycles. The van der Waals surface area contributed by atoms with Crippen molar-refractivity contribution in [2.75, 3.05) is 43.1 Å². The second-order valence-electron chi connectivity index (χ2n) is 8.00. The zero-order chi connectivity index (χ0) is 22.6. The largest absolute Gasteiger partial charge is 0.497 e. The third kappa shape index (κ3) is 4.62. The lowest BCUT2D eigenvalue weighted by atomic mass is 10.1. The molecule has 1 fully saturated rings. The third-order valence-electron chi connectivity index (χ3n) is 5.86. The number of piperazine rings is 1. The van der Waals surface area contributed by atoms with Crippen LogP contribution in [0.1, 0.15) is 5.82 Å². The fourth-order valence-electron chi connectivity index (χ4n) is 4.05. The van der Waals surface area contributed by atoms with Gasteiger partial charge in [-0.3, -0.25) is 0 Å². The lowest BCUT2D eigenvalue weighted by Crippen LogP contribution is -2.47. The van der Waals surface area contributed by atoms with Crippen molar-refractivity contribution in [1.82, 2.24) is 20.2 Å². The Morgan fingerprint density at radius 1 is 0.667 bits per heavy atom. The van der Waals surface area contributed by atoms with Gasteiger partial charge in [0.25, 0.3) is 0 Å². The van der Waals surface area contributed by atoms with E-state index in [0.29, 0.717) is 0 Å². The fraction of sp³-hybridized carbons (Fsp3) is 0.231. The first kappa shape index (κ1) is 20.9. The van der Waals surface area contributed by atoms with Gasteiger partial charge >= 0.3 is 0 Å². The fourth-order valence-corrected chi connectivity index (χ4v) is 4.05. The van der Waals surface area contributed by atoms with Crippen LogP contribution in [0.2, 0.25) is 0 Å². The van der Waals surface area contributed by atoms with Gasteiger partial charge in [0.05, 0.1) is 18.5 Å². The van der Waals surface area contributed by atoms with Gasteiger partial charge in [0.2, 0.25) is 0 Å². The number of rotatable bonds is 5. The Kier molecular flexibility index (Phi) is 5.85. The number of aromatic nitrogens is 4. The van der Waals surface area contributed by atoms with Crippen LogP contribution in [0, 0.1) is 6.92 Å². The van der Waals surface area contributed by atoms with Gasteiger partial charge in [0.1, 0.15) is 17.4 Å². The highest BCUT2D eigenvalue weighted by molar-refractivity contribution is 5.63. The van der Waals surface area contributed by atoms with Crippen LogP contribution in [0.4, 0.5) is 11.6 Å². The van der Waals surface area contributed by atoms with Crippen LogP contribution < -0.4 is 14.5 Å². The van der Waals surface area contributed by atoms with E-state index in [0.717, 1.165) is 71.9 Å². The number of ether oxygens (including phenoxy) is 1. The first-order chi connectivity index (χ1) is 16.2.